The monoisotopic (exact) mass is 213 g/mol. The molecule has 15 heavy (non-hydrogen) atoms. The smallest absolute Gasteiger partial charge is 0.0712 e. The Morgan fingerprint density at radius 2 is 2.00 bits per heavy atom. The van der Waals surface area contributed by atoms with Crippen LogP contribution >= 0.6 is 0 Å². The average molecular weight is 213 g/mol. The SMILES string of the molecule is CCC1CCCC1NCC(O)C(C)(C)C. The second-order valence-corrected chi connectivity index (χ2v) is 6.00. The fraction of sp³-hybridized carbons (Fsp3) is 1.00. The van der Waals surface area contributed by atoms with Crippen molar-refractivity contribution in [2.45, 2.75) is 65.5 Å². The molecule has 1 saturated carbocycles. The van der Waals surface area contributed by atoms with Crippen LogP contribution in [0.5, 0.6) is 0 Å². The van der Waals surface area contributed by atoms with E-state index >= 15 is 0 Å². The Morgan fingerprint density at radius 3 is 2.53 bits per heavy atom. The zero-order valence-electron chi connectivity index (χ0n) is 10.7. The van der Waals surface area contributed by atoms with Crippen molar-refractivity contribution >= 4 is 0 Å². The molecule has 1 aliphatic rings. The van der Waals surface area contributed by atoms with Gasteiger partial charge in [-0.2, -0.15) is 0 Å². The quantitative estimate of drug-likeness (QED) is 0.752. The van der Waals surface area contributed by atoms with Crippen LogP contribution in [0.15, 0.2) is 0 Å². The lowest BCUT2D eigenvalue weighted by molar-refractivity contribution is 0.0591. The molecule has 2 N–H and O–H groups in total. The van der Waals surface area contributed by atoms with E-state index in [-0.39, 0.29) is 11.5 Å². The predicted octanol–water partition coefficient (Wildman–Crippen LogP) is 2.56. The van der Waals surface area contributed by atoms with Gasteiger partial charge in [0.25, 0.3) is 0 Å². The third-order valence-corrected chi connectivity index (χ3v) is 3.76. The number of aliphatic hydroxyl groups is 1. The van der Waals surface area contributed by atoms with Gasteiger partial charge in [0, 0.05) is 12.6 Å². The molecule has 0 bridgehead atoms. The molecule has 1 fully saturated rings. The first-order valence-corrected chi connectivity index (χ1v) is 6.36. The molecule has 0 saturated heterocycles. The fourth-order valence-corrected chi connectivity index (χ4v) is 2.36. The van der Waals surface area contributed by atoms with E-state index in [0.717, 1.165) is 12.5 Å². The molecule has 0 heterocycles. The van der Waals surface area contributed by atoms with Crippen molar-refractivity contribution in [3.05, 3.63) is 0 Å². The van der Waals surface area contributed by atoms with Crippen LogP contribution in [0, 0.1) is 11.3 Å². The average Bonchev–Trinajstić information content (AvgIpc) is 2.59. The molecule has 0 aromatic rings. The van der Waals surface area contributed by atoms with Gasteiger partial charge >= 0.3 is 0 Å². The van der Waals surface area contributed by atoms with E-state index in [1.165, 1.54) is 25.7 Å². The van der Waals surface area contributed by atoms with Crippen LogP contribution in [0.4, 0.5) is 0 Å². The van der Waals surface area contributed by atoms with Gasteiger partial charge in [-0.1, -0.05) is 40.5 Å². The highest BCUT2D eigenvalue weighted by molar-refractivity contribution is 4.84. The number of hydrogen-bond acceptors (Lipinski definition) is 2. The third-order valence-electron chi connectivity index (χ3n) is 3.76. The zero-order valence-corrected chi connectivity index (χ0v) is 10.7. The standard InChI is InChI=1S/C13H27NO/c1-5-10-7-6-8-11(10)14-9-12(15)13(2,3)4/h10-12,14-15H,5-9H2,1-4H3. The van der Waals surface area contributed by atoms with Crippen molar-refractivity contribution < 1.29 is 5.11 Å². The maximum absolute atomic E-state index is 9.94. The Bertz CT molecular complexity index is 185. The lowest BCUT2D eigenvalue weighted by Crippen LogP contribution is -2.42. The van der Waals surface area contributed by atoms with Crippen molar-refractivity contribution in [1.29, 1.82) is 0 Å². The van der Waals surface area contributed by atoms with Crippen molar-refractivity contribution in [2.24, 2.45) is 11.3 Å². The molecule has 1 aliphatic carbocycles. The van der Waals surface area contributed by atoms with Gasteiger partial charge in [0.05, 0.1) is 6.10 Å². The van der Waals surface area contributed by atoms with Gasteiger partial charge in [-0.25, -0.2) is 0 Å². The highest BCUT2D eigenvalue weighted by atomic mass is 16.3. The molecule has 3 atom stereocenters. The van der Waals surface area contributed by atoms with E-state index in [1.54, 1.807) is 0 Å². The molecule has 3 unspecified atom stereocenters. The molecule has 0 aliphatic heterocycles. The summed E-state index contributed by atoms with van der Waals surface area (Å²) in [4.78, 5) is 0. The van der Waals surface area contributed by atoms with E-state index in [2.05, 4.69) is 33.0 Å². The van der Waals surface area contributed by atoms with E-state index in [1.807, 2.05) is 0 Å². The fourth-order valence-electron chi connectivity index (χ4n) is 2.36. The zero-order chi connectivity index (χ0) is 11.5. The van der Waals surface area contributed by atoms with Crippen LogP contribution < -0.4 is 5.32 Å². The van der Waals surface area contributed by atoms with Gasteiger partial charge in [0.15, 0.2) is 0 Å². The minimum atomic E-state index is -0.240. The summed E-state index contributed by atoms with van der Waals surface area (Å²) in [5, 5.41) is 13.5. The molecule has 0 amide bonds. The van der Waals surface area contributed by atoms with Gasteiger partial charge in [-0.15, -0.1) is 0 Å². The lowest BCUT2D eigenvalue weighted by Gasteiger charge is -2.28. The second kappa shape index (κ2) is 5.31. The molecule has 0 radical (unpaired) electrons. The second-order valence-electron chi connectivity index (χ2n) is 6.00. The minimum absolute atomic E-state index is 0.00663. The van der Waals surface area contributed by atoms with E-state index < -0.39 is 0 Å². The Balaban J connectivity index is 2.30. The molecule has 0 aromatic carbocycles. The van der Waals surface area contributed by atoms with Gasteiger partial charge in [0.1, 0.15) is 0 Å². The lowest BCUT2D eigenvalue weighted by atomic mass is 9.89. The van der Waals surface area contributed by atoms with Crippen molar-refractivity contribution in [3.8, 4) is 0 Å². The molecule has 0 aromatic heterocycles. The Labute approximate surface area is 94.5 Å². The van der Waals surface area contributed by atoms with Gasteiger partial charge < -0.3 is 10.4 Å². The molecule has 0 spiro atoms. The number of hydrogen-bond donors (Lipinski definition) is 2. The highest BCUT2D eigenvalue weighted by Crippen LogP contribution is 2.28. The highest BCUT2D eigenvalue weighted by Gasteiger charge is 2.28. The van der Waals surface area contributed by atoms with Gasteiger partial charge in [0.2, 0.25) is 0 Å². The first-order chi connectivity index (χ1) is 6.95. The normalized spacial score (nSPS) is 29.4. The minimum Gasteiger partial charge on any atom is -0.391 e. The Morgan fingerprint density at radius 1 is 1.33 bits per heavy atom. The predicted molar refractivity (Wildman–Crippen MR) is 64.9 cm³/mol. The molecular formula is C13H27NO. The Hall–Kier alpha value is -0.0800. The molecule has 2 heteroatoms. The largest absolute Gasteiger partial charge is 0.391 e. The molecule has 90 valence electrons. The van der Waals surface area contributed by atoms with Crippen LogP contribution in [0.1, 0.15) is 53.4 Å². The molecule has 1 rings (SSSR count). The Kier molecular flexibility index (Phi) is 4.60. The number of rotatable bonds is 4. The topological polar surface area (TPSA) is 32.3 Å². The summed E-state index contributed by atoms with van der Waals surface area (Å²) >= 11 is 0. The molecular weight excluding hydrogens is 186 g/mol. The van der Waals surface area contributed by atoms with E-state index in [4.69, 9.17) is 0 Å². The van der Waals surface area contributed by atoms with Crippen LogP contribution in [0.2, 0.25) is 0 Å². The summed E-state index contributed by atoms with van der Waals surface area (Å²) < 4.78 is 0. The summed E-state index contributed by atoms with van der Waals surface area (Å²) in [6.45, 7) is 9.28. The van der Waals surface area contributed by atoms with Crippen LogP contribution in [-0.4, -0.2) is 23.8 Å². The van der Waals surface area contributed by atoms with Gasteiger partial charge in [-0.05, 0) is 24.2 Å². The van der Waals surface area contributed by atoms with Crippen LogP contribution in [-0.2, 0) is 0 Å². The third kappa shape index (κ3) is 3.76. The van der Waals surface area contributed by atoms with Crippen molar-refractivity contribution in [3.63, 3.8) is 0 Å². The molecule has 2 nitrogen and oxygen atoms in total. The maximum atomic E-state index is 9.94. The summed E-state index contributed by atoms with van der Waals surface area (Å²) in [5.41, 5.74) is -0.00663. The van der Waals surface area contributed by atoms with Crippen molar-refractivity contribution in [1.82, 2.24) is 5.32 Å². The summed E-state index contributed by atoms with van der Waals surface area (Å²) in [5.74, 6) is 0.831. The van der Waals surface area contributed by atoms with Crippen LogP contribution in [0.3, 0.4) is 0 Å². The first-order valence-electron chi connectivity index (χ1n) is 6.36. The summed E-state index contributed by atoms with van der Waals surface area (Å²) in [6, 6.07) is 0.645. The van der Waals surface area contributed by atoms with Crippen LogP contribution in [0.25, 0.3) is 0 Å². The first kappa shape index (κ1) is 13.0. The van der Waals surface area contributed by atoms with E-state index in [9.17, 15) is 5.11 Å². The maximum Gasteiger partial charge on any atom is 0.0712 e. The summed E-state index contributed by atoms with van der Waals surface area (Å²) in [6.07, 6.45) is 5.02. The summed E-state index contributed by atoms with van der Waals surface area (Å²) in [7, 11) is 0. The number of nitrogens with one attached hydrogen (secondary N) is 1. The number of aliphatic hydroxyl groups excluding tert-OH is 1. The van der Waals surface area contributed by atoms with Crippen molar-refractivity contribution in [2.75, 3.05) is 6.54 Å². The van der Waals surface area contributed by atoms with Gasteiger partial charge in [-0.3, -0.25) is 0 Å². The van der Waals surface area contributed by atoms with E-state index in [0.29, 0.717) is 6.04 Å².